The third-order valence-electron chi connectivity index (χ3n) is 7.48. The number of pyridine rings is 1. The van der Waals surface area contributed by atoms with Gasteiger partial charge in [0.1, 0.15) is 11.9 Å². The van der Waals surface area contributed by atoms with Crippen LogP contribution in [0.4, 0.5) is 0 Å². The summed E-state index contributed by atoms with van der Waals surface area (Å²) in [7, 11) is 0. The van der Waals surface area contributed by atoms with E-state index < -0.39 is 0 Å². The van der Waals surface area contributed by atoms with Gasteiger partial charge >= 0.3 is 0 Å². The summed E-state index contributed by atoms with van der Waals surface area (Å²) in [6.07, 6.45) is 5.92. The van der Waals surface area contributed by atoms with Gasteiger partial charge in [0.2, 0.25) is 0 Å². The fourth-order valence-corrected chi connectivity index (χ4v) is 6.25. The number of nitrogens with two attached hydrogens (primary N) is 1. The lowest BCUT2D eigenvalue weighted by Crippen LogP contribution is -2.51. The highest BCUT2D eigenvalue weighted by Gasteiger charge is 2.58. The Morgan fingerprint density at radius 1 is 1.23 bits per heavy atom. The van der Waals surface area contributed by atoms with Crippen LogP contribution in [0, 0.1) is 11.8 Å². The van der Waals surface area contributed by atoms with Crippen molar-refractivity contribution in [3.63, 3.8) is 0 Å². The molecule has 3 aromatic rings. The summed E-state index contributed by atoms with van der Waals surface area (Å²) in [6.45, 7) is 2.19. The minimum absolute atomic E-state index is 0.0288. The minimum atomic E-state index is -0.137. The fourth-order valence-electron chi connectivity index (χ4n) is 6.04. The van der Waals surface area contributed by atoms with Crippen LogP contribution in [-0.2, 0) is 5.41 Å². The molecule has 4 unspecified atom stereocenters. The van der Waals surface area contributed by atoms with E-state index in [1.54, 1.807) is 12.3 Å². The molecule has 156 valence electrons. The quantitative estimate of drug-likeness (QED) is 0.605. The largest absolute Gasteiger partial charge is 0.489 e. The zero-order valence-electron chi connectivity index (χ0n) is 17.1. The Morgan fingerprint density at radius 3 is 2.73 bits per heavy atom. The van der Waals surface area contributed by atoms with Crippen molar-refractivity contribution in [1.82, 2.24) is 4.98 Å². The maximum absolute atomic E-state index is 12.0. The number of nitrogens with one attached hydrogen (secondary N) is 1. The molecule has 2 fully saturated rings. The molecule has 4 nitrogen and oxygen atoms in total. The molecule has 0 amide bonds. The summed E-state index contributed by atoms with van der Waals surface area (Å²) in [5, 5.41) is 1.91. The zero-order chi connectivity index (χ0) is 20.9. The summed E-state index contributed by atoms with van der Waals surface area (Å²) >= 11 is 6.48. The summed E-state index contributed by atoms with van der Waals surface area (Å²) in [4.78, 5) is 14.7. The molecule has 2 aliphatic rings. The average molecular weight is 423 g/mol. The Balaban J connectivity index is 1.43. The topological polar surface area (TPSA) is 68.1 Å². The number of fused-ring (bicyclic) bond motifs is 3. The van der Waals surface area contributed by atoms with Gasteiger partial charge in [-0.05, 0) is 66.7 Å². The predicted molar refractivity (Wildman–Crippen MR) is 121 cm³/mol. The van der Waals surface area contributed by atoms with E-state index in [9.17, 15) is 4.79 Å². The molecule has 3 N–H and O–H groups in total. The van der Waals surface area contributed by atoms with E-state index in [-0.39, 0.29) is 23.1 Å². The molecule has 2 saturated carbocycles. The van der Waals surface area contributed by atoms with E-state index in [4.69, 9.17) is 22.1 Å². The highest BCUT2D eigenvalue weighted by molar-refractivity contribution is 6.32. The lowest BCUT2D eigenvalue weighted by molar-refractivity contribution is 0.0924. The number of halogens is 1. The summed E-state index contributed by atoms with van der Waals surface area (Å²) in [6, 6.07) is 16.4. The second-order valence-electron chi connectivity index (χ2n) is 8.89. The van der Waals surface area contributed by atoms with Crippen LogP contribution in [0.15, 0.2) is 59.5 Å². The summed E-state index contributed by atoms with van der Waals surface area (Å²) in [5.74, 6) is 1.63. The van der Waals surface area contributed by atoms with Crippen LogP contribution in [0.5, 0.6) is 5.75 Å². The molecule has 2 aliphatic carbocycles. The van der Waals surface area contributed by atoms with Gasteiger partial charge in [0.25, 0.3) is 5.56 Å². The molecular formula is C25H27ClN2O2. The molecule has 5 heteroatoms. The van der Waals surface area contributed by atoms with Crippen molar-refractivity contribution >= 4 is 22.4 Å². The molecule has 0 spiro atoms. The van der Waals surface area contributed by atoms with E-state index in [0.29, 0.717) is 28.0 Å². The molecule has 5 atom stereocenters. The van der Waals surface area contributed by atoms with E-state index in [1.165, 1.54) is 5.56 Å². The Morgan fingerprint density at radius 2 is 2.03 bits per heavy atom. The molecule has 1 heterocycles. The van der Waals surface area contributed by atoms with Gasteiger partial charge in [-0.15, -0.1) is 0 Å². The average Bonchev–Trinajstić information content (AvgIpc) is 3.34. The first-order valence-corrected chi connectivity index (χ1v) is 11.2. The monoisotopic (exact) mass is 422 g/mol. The SMILES string of the molecule is CCC(N)[C@@]1(c2ccccc2)CC2CC1CC2Oc1cc2cc[nH]c(=O)c2cc1Cl. The molecule has 30 heavy (non-hydrogen) atoms. The fraction of sp³-hybridized carbons (Fsp3) is 0.400. The van der Waals surface area contributed by atoms with Gasteiger partial charge in [-0.1, -0.05) is 48.9 Å². The van der Waals surface area contributed by atoms with Crippen molar-refractivity contribution in [2.75, 3.05) is 0 Å². The molecule has 0 saturated heterocycles. The van der Waals surface area contributed by atoms with Crippen LogP contribution in [0.25, 0.3) is 10.8 Å². The lowest BCUT2D eigenvalue weighted by atomic mass is 9.63. The van der Waals surface area contributed by atoms with Crippen LogP contribution in [0.2, 0.25) is 5.02 Å². The second kappa shape index (κ2) is 7.44. The molecule has 5 rings (SSSR count). The third kappa shape index (κ3) is 2.97. The van der Waals surface area contributed by atoms with Crippen molar-refractivity contribution in [1.29, 1.82) is 0 Å². The van der Waals surface area contributed by atoms with Gasteiger partial charge in [-0.3, -0.25) is 4.79 Å². The van der Waals surface area contributed by atoms with E-state index >= 15 is 0 Å². The number of hydrogen-bond acceptors (Lipinski definition) is 3. The lowest BCUT2D eigenvalue weighted by Gasteiger charge is -2.44. The summed E-state index contributed by atoms with van der Waals surface area (Å²) < 4.78 is 6.45. The van der Waals surface area contributed by atoms with Gasteiger partial charge in [0, 0.05) is 23.0 Å². The predicted octanol–water partition coefficient (Wildman–Crippen LogP) is 5.03. The van der Waals surface area contributed by atoms with Crippen LogP contribution in [-0.4, -0.2) is 17.1 Å². The number of ether oxygens (including phenoxy) is 1. The van der Waals surface area contributed by atoms with Gasteiger partial charge in [-0.25, -0.2) is 0 Å². The van der Waals surface area contributed by atoms with E-state index in [0.717, 1.165) is 31.1 Å². The molecule has 0 aliphatic heterocycles. The number of rotatable bonds is 5. The second-order valence-corrected chi connectivity index (χ2v) is 9.29. The Bertz CT molecular complexity index is 1130. The Labute approximate surface area is 181 Å². The highest BCUT2D eigenvalue weighted by Crippen LogP contribution is 2.59. The molecule has 2 bridgehead atoms. The number of aromatic nitrogens is 1. The first-order chi connectivity index (χ1) is 14.5. The van der Waals surface area contributed by atoms with E-state index in [1.807, 2.05) is 12.1 Å². The molecule has 0 radical (unpaired) electrons. The first kappa shape index (κ1) is 19.7. The van der Waals surface area contributed by atoms with Gasteiger partial charge in [-0.2, -0.15) is 0 Å². The van der Waals surface area contributed by atoms with Crippen molar-refractivity contribution in [3.05, 3.63) is 75.7 Å². The molecule has 1 aromatic heterocycles. The minimum Gasteiger partial charge on any atom is -0.489 e. The van der Waals surface area contributed by atoms with Crippen LogP contribution >= 0.6 is 11.6 Å². The van der Waals surface area contributed by atoms with Crippen LogP contribution < -0.4 is 16.0 Å². The van der Waals surface area contributed by atoms with Gasteiger partial charge in [0.05, 0.1) is 5.02 Å². The third-order valence-corrected chi connectivity index (χ3v) is 7.77. The van der Waals surface area contributed by atoms with Crippen molar-refractivity contribution in [2.24, 2.45) is 17.6 Å². The van der Waals surface area contributed by atoms with Crippen molar-refractivity contribution < 1.29 is 4.74 Å². The van der Waals surface area contributed by atoms with Gasteiger partial charge in [0.15, 0.2) is 0 Å². The number of benzene rings is 2. The number of aromatic amines is 1. The van der Waals surface area contributed by atoms with Crippen LogP contribution in [0.3, 0.4) is 0 Å². The maximum Gasteiger partial charge on any atom is 0.255 e. The van der Waals surface area contributed by atoms with E-state index in [2.05, 4.69) is 42.2 Å². The Hall–Kier alpha value is -2.30. The highest BCUT2D eigenvalue weighted by atomic mass is 35.5. The first-order valence-electron chi connectivity index (χ1n) is 10.8. The van der Waals surface area contributed by atoms with Crippen molar-refractivity contribution in [3.8, 4) is 5.75 Å². The zero-order valence-corrected chi connectivity index (χ0v) is 17.9. The smallest absolute Gasteiger partial charge is 0.255 e. The van der Waals surface area contributed by atoms with Crippen molar-refractivity contribution in [2.45, 2.75) is 50.2 Å². The maximum atomic E-state index is 12.0. The molecular weight excluding hydrogens is 396 g/mol. The van der Waals surface area contributed by atoms with Gasteiger partial charge < -0.3 is 15.5 Å². The van der Waals surface area contributed by atoms with Crippen LogP contribution in [0.1, 0.15) is 38.2 Å². The number of H-pyrrole nitrogens is 1. The number of hydrogen-bond donors (Lipinski definition) is 2. The Kier molecular flexibility index (Phi) is 4.87. The normalized spacial score (nSPS) is 28.7. The standard InChI is InChI=1S/C25H27ClN2O2/c1-2-23(27)25(17-6-4-3-5-7-17)14-16-10-18(25)12-21(16)30-22-11-15-8-9-28-24(29)19(15)13-20(22)26/h3-9,11,13,16,18,21,23H,2,10,12,14,27H2,1H3,(H,28,29)/t16?,18?,21?,23?,25-/m1/s1. The molecule has 2 aromatic carbocycles. The summed E-state index contributed by atoms with van der Waals surface area (Å²) in [5.41, 5.74) is 8.00.